The first-order valence-corrected chi connectivity index (χ1v) is 3.69. The molecule has 0 atom stereocenters. The summed E-state index contributed by atoms with van der Waals surface area (Å²) in [6.45, 7) is 0.619. The number of carbonyl (C=O) groups excluding carboxylic acids is 1. The highest BCUT2D eigenvalue weighted by atomic mass is 32.2. The number of ether oxygens (including phenoxy) is 1. The van der Waals surface area contributed by atoms with E-state index < -0.39 is 0 Å². The fourth-order valence-electron chi connectivity index (χ4n) is 0.404. The summed E-state index contributed by atoms with van der Waals surface area (Å²) >= 11 is 1.10. The van der Waals surface area contributed by atoms with Crippen molar-refractivity contribution in [3.05, 3.63) is 0 Å². The Hall–Kier alpha value is -0.260. The third kappa shape index (κ3) is 4.60. The molecule has 0 aliphatic heterocycles. The lowest BCUT2D eigenvalue weighted by atomic mass is 10.4. The van der Waals surface area contributed by atoms with Crippen LogP contribution in [-0.2, 0) is 9.53 Å². The van der Waals surface area contributed by atoms with Crippen LogP contribution in [0.25, 0.3) is 0 Å². The van der Waals surface area contributed by atoms with Gasteiger partial charge in [-0.1, -0.05) is 0 Å². The van der Waals surface area contributed by atoms with Gasteiger partial charge in [-0.05, 0) is 7.05 Å². The Kier molecular flexibility index (Phi) is 5.38. The fraction of sp³-hybridized carbons (Fsp3) is 0.800. The maximum atomic E-state index is 10.5. The first-order chi connectivity index (χ1) is 4.70. The van der Waals surface area contributed by atoms with Crippen LogP contribution in [0.4, 0.5) is 0 Å². The lowest BCUT2D eigenvalue weighted by Gasteiger charge is -2.09. The second-order valence-corrected chi connectivity index (χ2v) is 2.62. The Bertz CT molecular complexity index is 110. The summed E-state index contributed by atoms with van der Waals surface area (Å²) in [5.74, 6) is -0.207. The van der Waals surface area contributed by atoms with Gasteiger partial charge in [0, 0.05) is 18.7 Å². The van der Waals surface area contributed by atoms with Gasteiger partial charge in [-0.25, -0.2) is 4.31 Å². The molecule has 0 rings (SSSR count). The number of esters is 1. The van der Waals surface area contributed by atoms with Crippen molar-refractivity contribution in [1.29, 1.82) is 0 Å². The van der Waals surface area contributed by atoms with E-state index in [-0.39, 0.29) is 5.97 Å². The fourth-order valence-corrected chi connectivity index (χ4v) is 0.600. The van der Waals surface area contributed by atoms with Gasteiger partial charge in [0.2, 0.25) is 0 Å². The number of carbonyl (C=O) groups is 1. The molecule has 5 heteroatoms. The Balaban J connectivity index is 3.26. The summed E-state index contributed by atoms with van der Waals surface area (Å²) in [6, 6.07) is 0. The molecule has 0 saturated heterocycles. The van der Waals surface area contributed by atoms with E-state index in [0.29, 0.717) is 13.0 Å². The molecular formula is C5H12N2O2S. The van der Waals surface area contributed by atoms with E-state index in [1.807, 2.05) is 7.05 Å². The van der Waals surface area contributed by atoms with Crippen molar-refractivity contribution in [2.45, 2.75) is 6.42 Å². The number of hydrogen-bond acceptors (Lipinski definition) is 5. The quantitative estimate of drug-likeness (QED) is 0.468. The monoisotopic (exact) mass is 164 g/mol. The molecular weight excluding hydrogens is 152 g/mol. The normalized spacial score (nSPS) is 10.0. The van der Waals surface area contributed by atoms with Crippen LogP contribution in [0.1, 0.15) is 6.42 Å². The van der Waals surface area contributed by atoms with Gasteiger partial charge in [0.25, 0.3) is 0 Å². The average Bonchev–Trinajstić information content (AvgIpc) is 1.99. The molecule has 0 heterocycles. The Morgan fingerprint density at radius 2 is 2.40 bits per heavy atom. The lowest BCUT2D eigenvalue weighted by Crippen LogP contribution is -2.17. The predicted molar refractivity (Wildman–Crippen MR) is 41.0 cm³/mol. The number of methoxy groups -OCH3 is 1. The van der Waals surface area contributed by atoms with Gasteiger partial charge in [-0.2, -0.15) is 0 Å². The van der Waals surface area contributed by atoms with Gasteiger partial charge >= 0.3 is 5.97 Å². The van der Waals surface area contributed by atoms with Crippen molar-refractivity contribution in [1.82, 2.24) is 4.31 Å². The van der Waals surface area contributed by atoms with Crippen LogP contribution in [0.5, 0.6) is 0 Å². The highest BCUT2D eigenvalue weighted by Gasteiger charge is 2.01. The van der Waals surface area contributed by atoms with Gasteiger partial charge in [-0.3, -0.25) is 9.93 Å². The van der Waals surface area contributed by atoms with E-state index in [0.717, 1.165) is 12.1 Å². The molecule has 60 valence electrons. The molecule has 0 saturated carbocycles. The molecule has 0 spiro atoms. The molecule has 0 aromatic rings. The second kappa shape index (κ2) is 5.52. The Labute approximate surface area is 65.0 Å². The van der Waals surface area contributed by atoms with Gasteiger partial charge in [0.05, 0.1) is 13.5 Å². The van der Waals surface area contributed by atoms with E-state index in [2.05, 4.69) is 4.74 Å². The summed E-state index contributed by atoms with van der Waals surface area (Å²) < 4.78 is 6.19. The minimum atomic E-state index is -0.207. The molecule has 0 aromatic heterocycles. The molecule has 0 radical (unpaired) electrons. The third-order valence-corrected chi connectivity index (χ3v) is 1.58. The molecule has 0 unspecified atom stereocenters. The zero-order valence-electron chi connectivity index (χ0n) is 6.16. The summed E-state index contributed by atoms with van der Waals surface area (Å²) in [5, 5.41) is 5.19. The van der Waals surface area contributed by atoms with Crippen LogP contribution in [0, 0.1) is 0 Å². The zero-order chi connectivity index (χ0) is 7.98. The van der Waals surface area contributed by atoms with E-state index in [9.17, 15) is 4.79 Å². The zero-order valence-corrected chi connectivity index (χ0v) is 6.98. The van der Waals surface area contributed by atoms with Crippen LogP contribution in [0.3, 0.4) is 0 Å². The van der Waals surface area contributed by atoms with Crippen LogP contribution < -0.4 is 5.14 Å². The molecule has 0 amide bonds. The van der Waals surface area contributed by atoms with Crippen LogP contribution in [0.2, 0.25) is 0 Å². The number of hydrogen-bond donors (Lipinski definition) is 1. The second-order valence-electron chi connectivity index (χ2n) is 1.78. The predicted octanol–water partition coefficient (Wildman–Crippen LogP) is 0.00320. The van der Waals surface area contributed by atoms with E-state index in [1.54, 1.807) is 4.31 Å². The summed E-state index contributed by atoms with van der Waals surface area (Å²) in [7, 11) is 3.19. The van der Waals surface area contributed by atoms with Crippen molar-refractivity contribution in [3.8, 4) is 0 Å². The smallest absolute Gasteiger partial charge is 0.306 e. The maximum Gasteiger partial charge on any atom is 0.306 e. The molecule has 0 aliphatic carbocycles. The van der Waals surface area contributed by atoms with Gasteiger partial charge in [-0.15, -0.1) is 0 Å². The van der Waals surface area contributed by atoms with Crippen molar-refractivity contribution in [3.63, 3.8) is 0 Å². The summed E-state index contributed by atoms with van der Waals surface area (Å²) in [6.07, 6.45) is 0.386. The lowest BCUT2D eigenvalue weighted by molar-refractivity contribution is -0.140. The molecule has 4 nitrogen and oxygen atoms in total. The Morgan fingerprint density at radius 3 is 2.80 bits per heavy atom. The minimum absolute atomic E-state index is 0.207. The van der Waals surface area contributed by atoms with Crippen molar-refractivity contribution in [2.24, 2.45) is 5.14 Å². The number of rotatable bonds is 4. The van der Waals surface area contributed by atoms with Crippen molar-refractivity contribution < 1.29 is 9.53 Å². The highest BCUT2D eigenvalue weighted by molar-refractivity contribution is 7.94. The first-order valence-electron chi connectivity index (χ1n) is 2.85. The molecule has 2 N–H and O–H groups in total. The topological polar surface area (TPSA) is 55.6 Å². The standard InChI is InChI=1S/C5H12N2O2S/c1-7(10-6)4-3-5(8)9-2/h3-4,6H2,1-2H3. The van der Waals surface area contributed by atoms with Crippen molar-refractivity contribution in [2.75, 3.05) is 20.7 Å². The Morgan fingerprint density at radius 1 is 1.80 bits per heavy atom. The molecule has 10 heavy (non-hydrogen) atoms. The van der Waals surface area contributed by atoms with Gasteiger partial charge in [0.15, 0.2) is 0 Å². The van der Waals surface area contributed by atoms with Gasteiger partial charge < -0.3 is 4.74 Å². The molecule has 0 fully saturated rings. The number of nitrogens with two attached hydrogens (primary N) is 1. The van der Waals surface area contributed by atoms with Crippen LogP contribution in [-0.4, -0.2) is 31.0 Å². The minimum Gasteiger partial charge on any atom is -0.469 e. The van der Waals surface area contributed by atoms with Crippen LogP contribution in [0.15, 0.2) is 0 Å². The molecule has 0 aromatic carbocycles. The SMILES string of the molecule is COC(=O)CCN(C)SN. The largest absolute Gasteiger partial charge is 0.469 e. The van der Waals surface area contributed by atoms with E-state index in [1.165, 1.54) is 7.11 Å². The van der Waals surface area contributed by atoms with E-state index in [4.69, 9.17) is 5.14 Å². The van der Waals surface area contributed by atoms with Crippen molar-refractivity contribution >= 4 is 18.1 Å². The molecule has 0 bridgehead atoms. The highest BCUT2D eigenvalue weighted by Crippen LogP contribution is 1.97. The summed E-state index contributed by atoms with van der Waals surface area (Å²) in [5.41, 5.74) is 0. The number of nitrogens with zero attached hydrogens (tertiary/aromatic N) is 1. The maximum absolute atomic E-state index is 10.5. The molecule has 0 aliphatic rings. The third-order valence-electron chi connectivity index (χ3n) is 1.04. The summed E-state index contributed by atoms with van der Waals surface area (Å²) in [4.78, 5) is 10.5. The average molecular weight is 164 g/mol. The van der Waals surface area contributed by atoms with E-state index >= 15 is 0 Å². The first kappa shape index (κ1) is 9.74. The van der Waals surface area contributed by atoms with Crippen LogP contribution >= 0.6 is 12.1 Å². The van der Waals surface area contributed by atoms with Gasteiger partial charge in [0.1, 0.15) is 0 Å².